The van der Waals surface area contributed by atoms with Crippen LogP contribution in [0, 0.1) is 0 Å². The molecule has 1 saturated carbocycles. The summed E-state index contributed by atoms with van der Waals surface area (Å²) in [7, 11) is 0. The highest BCUT2D eigenvalue weighted by Gasteiger charge is 2.28. The van der Waals surface area contributed by atoms with Crippen molar-refractivity contribution in [3.8, 4) is 5.69 Å². The quantitative estimate of drug-likeness (QED) is 0.857. The van der Waals surface area contributed by atoms with Crippen LogP contribution < -0.4 is 16.2 Å². The summed E-state index contributed by atoms with van der Waals surface area (Å²) in [5, 5.41) is 6.19. The van der Waals surface area contributed by atoms with Crippen LogP contribution in [0.4, 0.5) is 10.7 Å². The number of alkyl carbamates (subject to hydrolysis) is 1. The Morgan fingerprint density at radius 2 is 1.89 bits per heavy atom. The van der Waals surface area contributed by atoms with Crippen molar-refractivity contribution in [2.24, 2.45) is 0 Å². The highest BCUT2D eigenvalue weighted by molar-refractivity contribution is 5.68. The van der Waals surface area contributed by atoms with E-state index in [1.807, 2.05) is 20.8 Å². The third-order valence-electron chi connectivity index (χ3n) is 4.23. The van der Waals surface area contributed by atoms with Crippen molar-refractivity contribution in [2.45, 2.75) is 57.7 Å². The highest BCUT2D eigenvalue weighted by Crippen LogP contribution is 2.22. The minimum absolute atomic E-state index is 0.0690. The molecule has 8 heteroatoms. The fourth-order valence-electron chi connectivity index (χ4n) is 3.06. The predicted octanol–water partition coefficient (Wildman–Crippen LogP) is 2.49. The maximum Gasteiger partial charge on any atom is 0.407 e. The lowest BCUT2D eigenvalue weighted by Crippen LogP contribution is -2.38. The first-order valence-corrected chi connectivity index (χ1v) is 9.06. The molecule has 1 amide bonds. The fourth-order valence-corrected chi connectivity index (χ4v) is 3.06. The third-order valence-corrected chi connectivity index (χ3v) is 4.23. The van der Waals surface area contributed by atoms with Gasteiger partial charge in [0.15, 0.2) is 0 Å². The topological polar surface area (TPSA) is 98.1 Å². The number of carbonyl (C=O) groups excluding carboxylic acids is 1. The number of ether oxygens (including phenoxy) is 1. The summed E-state index contributed by atoms with van der Waals surface area (Å²) in [6.07, 6.45) is 7.07. The zero-order valence-electron chi connectivity index (χ0n) is 15.8. The van der Waals surface area contributed by atoms with Gasteiger partial charge in [0.25, 0.3) is 5.56 Å². The van der Waals surface area contributed by atoms with Crippen LogP contribution in [0.2, 0.25) is 0 Å². The number of carbonyl (C=O) groups is 1. The Bertz CT molecular complexity index is 841. The van der Waals surface area contributed by atoms with Gasteiger partial charge in [-0.05, 0) is 46.1 Å². The normalized spacial score (nSPS) is 19.5. The summed E-state index contributed by atoms with van der Waals surface area (Å²) in [5.74, 6) is 0.505. The van der Waals surface area contributed by atoms with Gasteiger partial charge in [0.05, 0.1) is 18.1 Å². The molecule has 0 unspecified atom stereocenters. The van der Waals surface area contributed by atoms with E-state index in [1.165, 1.54) is 10.6 Å². The second kappa shape index (κ2) is 7.77. The largest absolute Gasteiger partial charge is 0.444 e. The summed E-state index contributed by atoms with van der Waals surface area (Å²) in [4.78, 5) is 32.3. The van der Waals surface area contributed by atoms with Gasteiger partial charge in [0.2, 0.25) is 5.95 Å². The summed E-state index contributed by atoms with van der Waals surface area (Å²) < 4.78 is 6.78. The first kappa shape index (κ1) is 18.9. The Labute approximate surface area is 158 Å². The second-order valence-corrected chi connectivity index (χ2v) is 7.67. The lowest BCUT2D eigenvalue weighted by Gasteiger charge is -2.21. The van der Waals surface area contributed by atoms with E-state index in [1.54, 1.807) is 30.7 Å². The summed E-state index contributed by atoms with van der Waals surface area (Å²) in [6, 6.07) is 5.21. The van der Waals surface area contributed by atoms with Crippen molar-refractivity contribution in [2.75, 3.05) is 5.32 Å². The average Bonchev–Trinajstić information content (AvgIpc) is 3.01. The number of pyridine rings is 1. The van der Waals surface area contributed by atoms with E-state index in [0.29, 0.717) is 11.6 Å². The minimum Gasteiger partial charge on any atom is -0.444 e. The van der Waals surface area contributed by atoms with Crippen molar-refractivity contribution in [1.82, 2.24) is 19.9 Å². The van der Waals surface area contributed by atoms with Gasteiger partial charge in [-0.15, -0.1) is 0 Å². The summed E-state index contributed by atoms with van der Waals surface area (Å²) in [6.45, 7) is 5.53. The van der Waals surface area contributed by atoms with Gasteiger partial charge in [-0.1, -0.05) is 6.07 Å². The molecule has 27 heavy (non-hydrogen) atoms. The number of nitrogens with one attached hydrogen (secondary N) is 2. The zero-order chi connectivity index (χ0) is 19.4. The SMILES string of the molecule is CC(C)(C)OC(=O)N[C@H]1CC[C@H](Nc2ncc(-n3ccccc3=O)cn2)C1. The van der Waals surface area contributed by atoms with Crippen molar-refractivity contribution >= 4 is 12.0 Å². The predicted molar refractivity (Wildman–Crippen MR) is 102 cm³/mol. The van der Waals surface area contributed by atoms with Crippen molar-refractivity contribution < 1.29 is 9.53 Å². The van der Waals surface area contributed by atoms with Crippen LogP contribution in [-0.2, 0) is 4.74 Å². The molecule has 0 bridgehead atoms. The van der Waals surface area contributed by atoms with Crippen LogP contribution in [-0.4, -0.2) is 38.3 Å². The molecule has 1 fully saturated rings. The molecule has 144 valence electrons. The molecule has 2 N–H and O–H groups in total. The smallest absolute Gasteiger partial charge is 0.407 e. The summed E-state index contributed by atoms with van der Waals surface area (Å²) >= 11 is 0. The van der Waals surface area contributed by atoms with E-state index in [0.717, 1.165) is 19.3 Å². The number of rotatable bonds is 4. The van der Waals surface area contributed by atoms with E-state index in [9.17, 15) is 9.59 Å². The van der Waals surface area contributed by atoms with Crippen LogP contribution in [0.1, 0.15) is 40.0 Å². The molecule has 1 aliphatic rings. The second-order valence-electron chi connectivity index (χ2n) is 7.67. The molecular formula is C19H25N5O3. The van der Waals surface area contributed by atoms with E-state index in [4.69, 9.17) is 4.74 Å². The summed E-state index contributed by atoms with van der Waals surface area (Å²) in [5.41, 5.74) is -0.0212. The zero-order valence-corrected chi connectivity index (χ0v) is 15.8. The van der Waals surface area contributed by atoms with E-state index >= 15 is 0 Å². The molecule has 2 aromatic rings. The Balaban J connectivity index is 1.54. The monoisotopic (exact) mass is 371 g/mol. The number of hydrogen-bond acceptors (Lipinski definition) is 6. The Morgan fingerprint density at radius 3 is 2.56 bits per heavy atom. The Kier molecular flexibility index (Phi) is 5.43. The highest BCUT2D eigenvalue weighted by atomic mass is 16.6. The van der Waals surface area contributed by atoms with Gasteiger partial charge in [0, 0.05) is 24.3 Å². The number of hydrogen-bond donors (Lipinski definition) is 2. The van der Waals surface area contributed by atoms with Gasteiger partial charge in [0.1, 0.15) is 5.60 Å². The Morgan fingerprint density at radius 1 is 1.19 bits per heavy atom. The number of nitrogens with zero attached hydrogens (tertiary/aromatic N) is 3. The standard InChI is InChI=1S/C19H25N5O3/c1-19(2,3)27-18(26)23-14-8-7-13(10-14)22-17-20-11-15(12-21-17)24-9-5-4-6-16(24)25/h4-6,9,11-14H,7-8,10H2,1-3H3,(H,23,26)(H,20,21,22)/t13-,14-/m0/s1. The number of anilines is 1. The van der Waals surface area contributed by atoms with E-state index in [2.05, 4.69) is 20.6 Å². The van der Waals surface area contributed by atoms with Crippen molar-refractivity contribution in [3.63, 3.8) is 0 Å². The van der Waals surface area contributed by atoms with Crippen LogP contribution in [0.3, 0.4) is 0 Å². The van der Waals surface area contributed by atoms with Gasteiger partial charge in [-0.25, -0.2) is 14.8 Å². The first-order chi connectivity index (χ1) is 12.8. The third kappa shape index (κ3) is 5.29. The first-order valence-electron chi connectivity index (χ1n) is 9.06. The van der Waals surface area contributed by atoms with Crippen LogP contribution >= 0.6 is 0 Å². The van der Waals surface area contributed by atoms with Crippen LogP contribution in [0.15, 0.2) is 41.6 Å². The maximum absolute atomic E-state index is 11.9. The van der Waals surface area contributed by atoms with Crippen molar-refractivity contribution in [3.05, 3.63) is 47.1 Å². The molecule has 0 spiro atoms. The lowest BCUT2D eigenvalue weighted by molar-refractivity contribution is 0.0505. The van der Waals surface area contributed by atoms with Crippen molar-refractivity contribution in [1.29, 1.82) is 0 Å². The van der Waals surface area contributed by atoms with Gasteiger partial charge in [-0.2, -0.15) is 0 Å². The number of amides is 1. The molecule has 1 aliphatic carbocycles. The number of aromatic nitrogens is 3. The van der Waals surface area contributed by atoms with Crippen LogP contribution in [0.5, 0.6) is 0 Å². The van der Waals surface area contributed by atoms with E-state index in [-0.39, 0.29) is 23.7 Å². The van der Waals surface area contributed by atoms with Gasteiger partial charge in [-0.3, -0.25) is 9.36 Å². The lowest BCUT2D eigenvalue weighted by atomic mass is 10.2. The molecular weight excluding hydrogens is 346 g/mol. The molecule has 0 aliphatic heterocycles. The van der Waals surface area contributed by atoms with E-state index < -0.39 is 5.60 Å². The average molecular weight is 371 g/mol. The van der Waals surface area contributed by atoms with Crippen LogP contribution in [0.25, 0.3) is 5.69 Å². The molecule has 3 rings (SSSR count). The fraction of sp³-hybridized carbons (Fsp3) is 0.474. The molecule has 2 atom stereocenters. The molecule has 2 heterocycles. The minimum atomic E-state index is -0.503. The molecule has 0 saturated heterocycles. The molecule has 0 aromatic carbocycles. The van der Waals surface area contributed by atoms with Gasteiger partial charge >= 0.3 is 6.09 Å². The Hall–Kier alpha value is -2.90. The molecule has 0 radical (unpaired) electrons. The van der Waals surface area contributed by atoms with Gasteiger partial charge < -0.3 is 15.4 Å². The molecule has 8 nitrogen and oxygen atoms in total. The maximum atomic E-state index is 11.9. The molecule has 2 aromatic heterocycles.